The highest BCUT2D eigenvalue weighted by molar-refractivity contribution is 7.89. The normalized spacial score (nSPS) is 15.5. The van der Waals surface area contributed by atoms with Gasteiger partial charge in [-0.25, -0.2) is 8.42 Å². The Morgan fingerprint density at radius 2 is 1.62 bits per heavy atom. The number of hydrogen-bond acceptors (Lipinski definition) is 4. The minimum Gasteiger partial charge on any atom is -0.336 e. The second-order valence-corrected chi connectivity index (χ2v) is 8.16. The maximum absolute atomic E-state index is 12.7. The molecule has 1 aliphatic heterocycles. The molecule has 0 radical (unpaired) electrons. The van der Waals surface area contributed by atoms with Crippen molar-refractivity contribution in [2.24, 2.45) is 0 Å². The number of piperazine rings is 1. The van der Waals surface area contributed by atoms with Crippen LogP contribution in [-0.2, 0) is 10.0 Å². The lowest BCUT2D eigenvalue weighted by Gasteiger charge is -2.34. The summed E-state index contributed by atoms with van der Waals surface area (Å²) in [6.45, 7) is 0.996. The van der Waals surface area contributed by atoms with Crippen LogP contribution < -0.4 is 0 Å². The fourth-order valence-corrected chi connectivity index (χ4v) is 4.43. The molecule has 2 aromatic carbocycles. The molecule has 0 N–H and O–H groups in total. The quantitative estimate of drug-likeness (QED) is 0.806. The van der Waals surface area contributed by atoms with Gasteiger partial charge in [0.15, 0.2) is 0 Å². The van der Waals surface area contributed by atoms with E-state index in [0.717, 1.165) is 0 Å². The molecule has 1 heterocycles. The number of benzene rings is 2. The summed E-state index contributed by atoms with van der Waals surface area (Å²) in [5.74, 6) is -0.203. The van der Waals surface area contributed by atoms with Crippen LogP contribution in [-0.4, -0.2) is 49.7 Å². The van der Waals surface area contributed by atoms with E-state index in [0.29, 0.717) is 29.2 Å². The van der Waals surface area contributed by atoms with E-state index in [1.54, 1.807) is 29.2 Å². The largest absolute Gasteiger partial charge is 0.336 e. The van der Waals surface area contributed by atoms with Crippen molar-refractivity contribution >= 4 is 27.5 Å². The molecule has 26 heavy (non-hydrogen) atoms. The van der Waals surface area contributed by atoms with Crippen LogP contribution >= 0.6 is 11.6 Å². The molecule has 1 amide bonds. The minimum atomic E-state index is -3.65. The van der Waals surface area contributed by atoms with Gasteiger partial charge in [-0.1, -0.05) is 23.7 Å². The third-order valence-corrected chi connectivity index (χ3v) is 6.49. The SMILES string of the molecule is N#Cc1ccc(S(=O)(=O)N2CCN(C(=O)c3ccccc3Cl)CC2)cc1. The second kappa shape index (κ2) is 7.46. The molecular weight excluding hydrogens is 374 g/mol. The number of rotatable bonds is 3. The van der Waals surface area contributed by atoms with E-state index in [1.165, 1.54) is 28.6 Å². The molecule has 0 aliphatic carbocycles. The van der Waals surface area contributed by atoms with Crippen molar-refractivity contribution in [2.45, 2.75) is 4.90 Å². The van der Waals surface area contributed by atoms with Crippen molar-refractivity contribution in [2.75, 3.05) is 26.2 Å². The predicted octanol–water partition coefficient (Wildman–Crippen LogP) is 2.36. The topological polar surface area (TPSA) is 81.5 Å². The summed E-state index contributed by atoms with van der Waals surface area (Å²) in [5, 5.41) is 9.20. The van der Waals surface area contributed by atoms with Crippen LogP contribution in [0.25, 0.3) is 0 Å². The number of nitriles is 1. The van der Waals surface area contributed by atoms with E-state index in [2.05, 4.69) is 0 Å². The first kappa shape index (κ1) is 18.4. The lowest BCUT2D eigenvalue weighted by atomic mass is 10.2. The summed E-state index contributed by atoms with van der Waals surface area (Å²) in [7, 11) is -3.65. The third-order valence-electron chi connectivity index (χ3n) is 4.25. The Labute approximate surface area is 157 Å². The molecule has 8 heteroatoms. The Morgan fingerprint density at radius 1 is 1.00 bits per heavy atom. The van der Waals surface area contributed by atoms with Gasteiger partial charge in [-0.3, -0.25) is 4.79 Å². The van der Waals surface area contributed by atoms with Gasteiger partial charge in [0.25, 0.3) is 5.91 Å². The molecule has 1 fully saturated rings. The van der Waals surface area contributed by atoms with E-state index < -0.39 is 10.0 Å². The first-order chi connectivity index (χ1) is 12.4. The fourth-order valence-electron chi connectivity index (χ4n) is 2.79. The van der Waals surface area contributed by atoms with Crippen LogP contribution in [0.5, 0.6) is 0 Å². The van der Waals surface area contributed by atoms with E-state index in [-0.39, 0.29) is 23.9 Å². The first-order valence-electron chi connectivity index (χ1n) is 7.97. The molecule has 1 aliphatic rings. The second-order valence-electron chi connectivity index (χ2n) is 5.81. The first-order valence-corrected chi connectivity index (χ1v) is 9.79. The zero-order valence-corrected chi connectivity index (χ0v) is 15.4. The van der Waals surface area contributed by atoms with Crippen LogP contribution in [0.1, 0.15) is 15.9 Å². The molecule has 0 aromatic heterocycles. The lowest BCUT2D eigenvalue weighted by Crippen LogP contribution is -2.50. The Kier molecular flexibility index (Phi) is 5.28. The van der Waals surface area contributed by atoms with Gasteiger partial charge in [0, 0.05) is 26.2 Å². The van der Waals surface area contributed by atoms with Gasteiger partial charge < -0.3 is 4.90 Å². The minimum absolute atomic E-state index is 0.141. The highest BCUT2D eigenvalue weighted by atomic mass is 35.5. The smallest absolute Gasteiger partial charge is 0.255 e. The number of amides is 1. The van der Waals surface area contributed by atoms with Gasteiger partial charge in [0.2, 0.25) is 10.0 Å². The standard InChI is InChI=1S/C18H16ClN3O3S/c19-17-4-2-1-3-16(17)18(23)21-9-11-22(12-10-21)26(24,25)15-7-5-14(13-20)6-8-15/h1-8H,9-12H2. The van der Waals surface area contributed by atoms with Gasteiger partial charge in [-0.05, 0) is 36.4 Å². The number of nitrogens with zero attached hydrogens (tertiary/aromatic N) is 3. The average Bonchev–Trinajstić information content (AvgIpc) is 2.68. The molecule has 1 saturated heterocycles. The van der Waals surface area contributed by atoms with Crippen LogP contribution in [0.3, 0.4) is 0 Å². The summed E-state index contributed by atoms with van der Waals surface area (Å²) in [6, 6.07) is 14.6. The molecule has 3 rings (SSSR count). The summed E-state index contributed by atoms with van der Waals surface area (Å²) >= 11 is 6.07. The Hall–Kier alpha value is -2.40. The number of carbonyl (C=O) groups excluding carboxylic acids is 1. The fraction of sp³-hybridized carbons (Fsp3) is 0.222. The van der Waals surface area contributed by atoms with Crippen LogP contribution in [0.4, 0.5) is 0 Å². The third kappa shape index (κ3) is 3.58. The van der Waals surface area contributed by atoms with Crippen molar-refractivity contribution in [1.82, 2.24) is 9.21 Å². The van der Waals surface area contributed by atoms with Gasteiger partial charge in [-0.2, -0.15) is 9.57 Å². The molecule has 0 unspecified atom stereocenters. The average molecular weight is 390 g/mol. The van der Waals surface area contributed by atoms with E-state index in [1.807, 2.05) is 6.07 Å². The van der Waals surface area contributed by atoms with Crippen LogP contribution in [0.2, 0.25) is 5.02 Å². The van der Waals surface area contributed by atoms with Crippen molar-refractivity contribution in [3.63, 3.8) is 0 Å². The Balaban J connectivity index is 1.70. The van der Waals surface area contributed by atoms with Gasteiger partial charge in [0.05, 0.1) is 27.1 Å². The number of halogens is 1. The maximum atomic E-state index is 12.7. The van der Waals surface area contributed by atoms with Crippen molar-refractivity contribution in [3.05, 3.63) is 64.7 Å². The molecule has 0 bridgehead atoms. The Morgan fingerprint density at radius 3 is 2.19 bits per heavy atom. The van der Waals surface area contributed by atoms with Crippen molar-refractivity contribution in [3.8, 4) is 6.07 Å². The molecule has 134 valence electrons. The number of hydrogen-bond donors (Lipinski definition) is 0. The van der Waals surface area contributed by atoms with E-state index >= 15 is 0 Å². The van der Waals surface area contributed by atoms with Crippen molar-refractivity contribution in [1.29, 1.82) is 5.26 Å². The summed E-state index contributed by atoms with van der Waals surface area (Å²) in [4.78, 5) is 14.3. The zero-order valence-electron chi connectivity index (χ0n) is 13.8. The van der Waals surface area contributed by atoms with E-state index in [4.69, 9.17) is 16.9 Å². The number of carbonyl (C=O) groups is 1. The molecule has 0 spiro atoms. The summed E-state index contributed by atoms with van der Waals surface area (Å²) in [6.07, 6.45) is 0. The lowest BCUT2D eigenvalue weighted by molar-refractivity contribution is 0.0698. The van der Waals surface area contributed by atoms with Gasteiger partial charge in [0.1, 0.15) is 0 Å². The summed E-state index contributed by atoms with van der Waals surface area (Å²) < 4.78 is 26.8. The van der Waals surface area contributed by atoms with Crippen LogP contribution in [0.15, 0.2) is 53.4 Å². The Bertz CT molecular complexity index is 960. The molecule has 2 aromatic rings. The molecule has 6 nitrogen and oxygen atoms in total. The monoisotopic (exact) mass is 389 g/mol. The molecule has 0 atom stereocenters. The highest BCUT2D eigenvalue weighted by Crippen LogP contribution is 2.21. The van der Waals surface area contributed by atoms with Crippen LogP contribution in [0, 0.1) is 11.3 Å². The van der Waals surface area contributed by atoms with Crippen molar-refractivity contribution < 1.29 is 13.2 Å². The maximum Gasteiger partial charge on any atom is 0.255 e. The summed E-state index contributed by atoms with van der Waals surface area (Å²) in [5.41, 5.74) is 0.816. The van der Waals surface area contributed by atoms with Gasteiger partial charge >= 0.3 is 0 Å². The van der Waals surface area contributed by atoms with Gasteiger partial charge in [-0.15, -0.1) is 0 Å². The zero-order chi connectivity index (χ0) is 18.7. The van der Waals surface area contributed by atoms with E-state index in [9.17, 15) is 13.2 Å². The predicted molar refractivity (Wildman–Crippen MR) is 97.3 cm³/mol. The molecular formula is C18H16ClN3O3S. The molecule has 0 saturated carbocycles. The number of sulfonamides is 1. The highest BCUT2D eigenvalue weighted by Gasteiger charge is 2.30.